The van der Waals surface area contributed by atoms with Crippen molar-refractivity contribution in [2.24, 2.45) is 5.73 Å². The molecule has 106 valence electrons. The van der Waals surface area contributed by atoms with E-state index >= 15 is 0 Å². The third-order valence-electron chi connectivity index (χ3n) is 3.05. The highest BCUT2D eigenvalue weighted by atomic mass is 16.5. The molecule has 0 spiro atoms. The van der Waals surface area contributed by atoms with Gasteiger partial charge in [-0.25, -0.2) is 0 Å². The molecule has 0 amide bonds. The van der Waals surface area contributed by atoms with Gasteiger partial charge in [-0.1, -0.05) is 24.3 Å². The summed E-state index contributed by atoms with van der Waals surface area (Å²) in [6.45, 7) is 2.56. The standard InChI is InChI=1S/C17H21NO2/c1-13(18)11-14-3-9-17(10-4-14)20-12-15-5-7-16(19-2)8-6-15/h3-10,13H,11-12,18H2,1-2H3. The topological polar surface area (TPSA) is 44.5 Å². The fourth-order valence-electron chi connectivity index (χ4n) is 1.98. The van der Waals surface area contributed by atoms with Gasteiger partial charge in [-0.2, -0.15) is 0 Å². The molecular weight excluding hydrogens is 250 g/mol. The van der Waals surface area contributed by atoms with E-state index in [9.17, 15) is 0 Å². The summed E-state index contributed by atoms with van der Waals surface area (Å²) in [6.07, 6.45) is 0.888. The molecular formula is C17H21NO2. The van der Waals surface area contributed by atoms with Crippen LogP contribution in [0.25, 0.3) is 0 Å². The molecule has 0 saturated carbocycles. The van der Waals surface area contributed by atoms with Crippen LogP contribution in [0.1, 0.15) is 18.1 Å². The van der Waals surface area contributed by atoms with Crippen molar-refractivity contribution in [2.45, 2.75) is 26.0 Å². The molecule has 1 unspecified atom stereocenters. The van der Waals surface area contributed by atoms with Crippen LogP contribution in [0.3, 0.4) is 0 Å². The van der Waals surface area contributed by atoms with Gasteiger partial charge in [0.2, 0.25) is 0 Å². The molecule has 0 fully saturated rings. The third-order valence-corrected chi connectivity index (χ3v) is 3.05. The zero-order chi connectivity index (χ0) is 14.4. The Hall–Kier alpha value is -2.00. The van der Waals surface area contributed by atoms with Gasteiger partial charge < -0.3 is 15.2 Å². The summed E-state index contributed by atoms with van der Waals surface area (Å²) >= 11 is 0. The van der Waals surface area contributed by atoms with Crippen LogP contribution in [0, 0.1) is 0 Å². The quantitative estimate of drug-likeness (QED) is 0.877. The Morgan fingerprint density at radius 3 is 2.00 bits per heavy atom. The zero-order valence-corrected chi connectivity index (χ0v) is 12.0. The van der Waals surface area contributed by atoms with Crippen LogP contribution >= 0.6 is 0 Å². The summed E-state index contributed by atoms with van der Waals surface area (Å²) in [5.74, 6) is 1.73. The molecule has 0 saturated heterocycles. The second-order valence-electron chi connectivity index (χ2n) is 4.96. The second kappa shape index (κ2) is 6.96. The van der Waals surface area contributed by atoms with Crippen molar-refractivity contribution in [3.8, 4) is 11.5 Å². The van der Waals surface area contributed by atoms with Gasteiger partial charge in [0.15, 0.2) is 0 Å². The van der Waals surface area contributed by atoms with Gasteiger partial charge in [0.05, 0.1) is 7.11 Å². The molecule has 0 radical (unpaired) electrons. The van der Waals surface area contributed by atoms with Crippen molar-refractivity contribution in [3.05, 3.63) is 59.7 Å². The van der Waals surface area contributed by atoms with Crippen molar-refractivity contribution < 1.29 is 9.47 Å². The van der Waals surface area contributed by atoms with Gasteiger partial charge in [-0.3, -0.25) is 0 Å². The molecule has 0 heterocycles. The van der Waals surface area contributed by atoms with Crippen LogP contribution in [-0.4, -0.2) is 13.2 Å². The molecule has 3 heteroatoms. The van der Waals surface area contributed by atoms with E-state index in [-0.39, 0.29) is 6.04 Å². The van der Waals surface area contributed by atoms with Crippen molar-refractivity contribution in [1.29, 1.82) is 0 Å². The largest absolute Gasteiger partial charge is 0.497 e. The van der Waals surface area contributed by atoms with Crippen LogP contribution in [0.15, 0.2) is 48.5 Å². The lowest BCUT2D eigenvalue weighted by atomic mass is 10.1. The molecule has 20 heavy (non-hydrogen) atoms. The number of nitrogens with two attached hydrogens (primary N) is 1. The lowest BCUT2D eigenvalue weighted by Crippen LogP contribution is -2.17. The summed E-state index contributed by atoms with van der Waals surface area (Å²) in [5.41, 5.74) is 8.13. The second-order valence-corrected chi connectivity index (χ2v) is 4.96. The van der Waals surface area contributed by atoms with Crippen molar-refractivity contribution in [1.82, 2.24) is 0 Å². The predicted octanol–water partition coefficient (Wildman–Crippen LogP) is 3.16. The monoisotopic (exact) mass is 271 g/mol. The smallest absolute Gasteiger partial charge is 0.119 e. The maximum Gasteiger partial charge on any atom is 0.119 e. The predicted molar refractivity (Wildman–Crippen MR) is 81.1 cm³/mol. The van der Waals surface area contributed by atoms with E-state index in [1.54, 1.807) is 7.11 Å². The summed E-state index contributed by atoms with van der Waals surface area (Å²) in [5, 5.41) is 0. The van der Waals surface area contributed by atoms with E-state index in [1.165, 1.54) is 5.56 Å². The first-order valence-corrected chi connectivity index (χ1v) is 6.77. The van der Waals surface area contributed by atoms with E-state index in [0.717, 1.165) is 23.5 Å². The van der Waals surface area contributed by atoms with E-state index in [0.29, 0.717) is 6.61 Å². The lowest BCUT2D eigenvalue weighted by Gasteiger charge is -2.09. The van der Waals surface area contributed by atoms with E-state index in [2.05, 4.69) is 12.1 Å². The number of hydrogen-bond donors (Lipinski definition) is 1. The summed E-state index contributed by atoms with van der Waals surface area (Å²) < 4.78 is 10.9. The Bertz CT molecular complexity index is 518. The van der Waals surface area contributed by atoms with Gasteiger partial charge in [0, 0.05) is 6.04 Å². The number of ether oxygens (including phenoxy) is 2. The number of hydrogen-bond acceptors (Lipinski definition) is 3. The van der Waals surface area contributed by atoms with Crippen molar-refractivity contribution >= 4 is 0 Å². The molecule has 0 aliphatic rings. The molecule has 0 aliphatic heterocycles. The average molecular weight is 271 g/mol. The van der Waals surface area contributed by atoms with E-state index < -0.39 is 0 Å². The van der Waals surface area contributed by atoms with Crippen LogP contribution in [0.2, 0.25) is 0 Å². The Balaban J connectivity index is 1.89. The molecule has 2 aromatic rings. The van der Waals surface area contributed by atoms with Crippen molar-refractivity contribution in [3.63, 3.8) is 0 Å². The Morgan fingerprint density at radius 2 is 1.45 bits per heavy atom. The first-order valence-electron chi connectivity index (χ1n) is 6.77. The fourth-order valence-corrected chi connectivity index (χ4v) is 1.98. The Labute approximate surface area is 120 Å². The molecule has 1 atom stereocenters. The fraction of sp³-hybridized carbons (Fsp3) is 0.294. The minimum Gasteiger partial charge on any atom is -0.497 e. The Morgan fingerprint density at radius 1 is 0.900 bits per heavy atom. The highest BCUT2D eigenvalue weighted by Crippen LogP contribution is 2.16. The maximum atomic E-state index is 5.78. The minimum atomic E-state index is 0.182. The molecule has 2 N–H and O–H groups in total. The molecule has 2 aromatic carbocycles. The number of benzene rings is 2. The maximum absolute atomic E-state index is 5.78. The highest BCUT2D eigenvalue weighted by Gasteiger charge is 2.00. The van der Waals surface area contributed by atoms with E-state index in [4.69, 9.17) is 15.2 Å². The zero-order valence-electron chi connectivity index (χ0n) is 12.0. The normalized spacial score (nSPS) is 11.9. The SMILES string of the molecule is COc1ccc(COc2ccc(CC(C)N)cc2)cc1. The van der Waals surface area contributed by atoms with Gasteiger partial charge in [0.25, 0.3) is 0 Å². The van der Waals surface area contributed by atoms with E-state index in [1.807, 2.05) is 43.3 Å². The Kier molecular flexibility index (Phi) is 5.02. The van der Waals surface area contributed by atoms with Gasteiger partial charge in [0.1, 0.15) is 18.1 Å². The van der Waals surface area contributed by atoms with Gasteiger partial charge in [-0.15, -0.1) is 0 Å². The van der Waals surface area contributed by atoms with Crippen LogP contribution < -0.4 is 15.2 Å². The van der Waals surface area contributed by atoms with Gasteiger partial charge >= 0.3 is 0 Å². The highest BCUT2D eigenvalue weighted by molar-refractivity contribution is 5.29. The van der Waals surface area contributed by atoms with Crippen LogP contribution in [0.5, 0.6) is 11.5 Å². The molecule has 0 aliphatic carbocycles. The summed E-state index contributed by atoms with van der Waals surface area (Å²) in [7, 11) is 1.66. The molecule has 0 bridgehead atoms. The third kappa shape index (κ3) is 4.28. The molecule has 3 nitrogen and oxygen atoms in total. The van der Waals surface area contributed by atoms with Crippen LogP contribution in [-0.2, 0) is 13.0 Å². The van der Waals surface area contributed by atoms with Crippen LogP contribution in [0.4, 0.5) is 0 Å². The molecule has 0 aromatic heterocycles. The average Bonchev–Trinajstić information content (AvgIpc) is 2.46. The number of rotatable bonds is 6. The minimum absolute atomic E-state index is 0.182. The number of methoxy groups -OCH3 is 1. The lowest BCUT2D eigenvalue weighted by molar-refractivity contribution is 0.306. The molecule has 2 rings (SSSR count). The first-order chi connectivity index (χ1) is 9.67. The van der Waals surface area contributed by atoms with Crippen molar-refractivity contribution in [2.75, 3.05) is 7.11 Å². The first kappa shape index (κ1) is 14.4. The van der Waals surface area contributed by atoms with Gasteiger partial charge in [-0.05, 0) is 48.7 Å². The summed E-state index contributed by atoms with van der Waals surface area (Å²) in [4.78, 5) is 0. The summed E-state index contributed by atoms with van der Waals surface area (Å²) in [6, 6.07) is 16.2.